The average Bonchev–Trinajstić information content (AvgIpc) is 2.85. The molecule has 2 aromatic rings. The summed E-state index contributed by atoms with van der Waals surface area (Å²) in [5.41, 5.74) is 1.72. The molecule has 0 bridgehead atoms. The van der Waals surface area contributed by atoms with Crippen molar-refractivity contribution in [1.29, 1.82) is 0 Å². The van der Waals surface area contributed by atoms with E-state index in [1.54, 1.807) is 24.3 Å². The van der Waals surface area contributed by atoms with Crippen molar-refractivity contribution in [3.05, 3.63) is 70.8 Å². The Hall–Kier alpha value is -2.59. The second-order valence-corrected chi connectivity index (χ2v) is 6.98. The minimum Gasteiger partial charge on any atom is -0.493 e. The summed E-state index contributed by atoms with van der Waals surface area (Å²) in [6.07, 6.45) is 0. The lowest BCUT2D eigenvalue weighted by Gasteiger charge is -2.15. The van der Waals surface area contributed by atoms with Gasteiger partial charge in [0, 0.05) is 0 Å². The molecule has 1 aliphatic rings. The first-order valence-corrected chi connectivity index (χ1v) is 8.88. The van der Waals surface area contributed by atoms with Crippen LogP contribution in [0.1, 0.15) is 25.0 Å². The van der Waals surface area contributed by atoms with Gasteiger partial charge in [0.05, 0.1) is 18.7 Å². The third-order valence-corrected chi connectivity index (χ3v) is 4.37. The maximum atomic E-state index is 12.8. The van der Waals surface area contributed by atoms with Crippen molar-refractivity contribution in [2.24, 2.45) is 5.92 Å². The van der Waals surface area contributed by atoms with Crippen molar-refractivity contribution >= 4 is 29.0 Å². The van der Waals surface area contributed by atoms with Crippen LogP contribution >= 0.6 is 11.6 Å². The number of halogens is 1. The van der Waals surface area contributed by atoms with Crippen LogP contribution in [0.3, 0.4) is 0 Å². The molecule has 0 radical (unpaired) electrons. The molecular weight excluding hydrogens is 350 g/mol. The van der Waals surface area contributed by atoms with Gasteiger partial charge < -0.3 is 4.74 Å². The van der Waals surface area contributed by atoms with Crippen LogP contribution in [0.15, 0.2) is 59.6 Å². The molecule has 2 amide bonds. The minimum absolute atomic E-state index is 0.0400. The van der Waals surface area contributed by atoms with E-state index in [2.05, 4.69) is 13.8 Å². The first-order chi connectivity index (χ1) is 12.5. The monoisotopic (exact) mass is 369 g/mol. The summed E-state index contributed by atoms with van der Waals surface area (Å²) in [6.45, 7) is 4.96. The molecule has 0 N–H and O–H groups in total. The highest BCUT2D eigenvalue weighted by molar-refractivity contribution is 6.55. The molecule has 0 aliphatic carbocycles. The molecule has 0 aromatic heterocycles. The summed E-state index contributed by atoms with van der Waals surface area (Å²) in [5.74, 6) is 0.305. The van der Waals surface area contributed by atoms with Gasteiger partial charge in [-0.15, -0.1) is 0 Å². The maximum absolute atomic E-state index is 12.8. The van der Waals surface area contributed by atoms with Gasteiger partial charge in [-0.2, -0.15) is 0 Å². The van der Waals surface area contributed by atoms with E-state index in [4.69, 9.17) is 16.3 Å². The van der Waals surface area contributed by atoms with Gasteiger partial charge >= 0.3 is 0 Å². The van der Waals surface area contributed by atoms with Gasteiger partial charge in [-0.3, -0.25) is 14.5 Å². The van der Waals surface area contributed by atoms with Crippen LogP contribution in [0.25, 0.3) is 5.57 Å². The van der Waals surface area contributed by atoms with Crippen molar-refractivity contribution in [3.63, 3.8) is 0 Å². The van der Waals surface area contributed by atoms with Gasteiger partial charge in [-0.1, -0.05) is 67.9 Å². The fraction of sp³-hybridized carbons (Fsp3) is 0.238. The molecule has 0 atom stereocenters. The largest absolute Gasteiger partial charge is 0.493 e. The minimum atomic E-state index is -0.462. The van der Waals surface area contributed by atoms with E-state index >= 15 is 0 Å². The normalized spacial score (nSPS) is 14.5. The second kappa shape index (κ2) is 7.75. The molecule has 0 saturated heterocycles. The third kappa shape index (κ3) is 3.81. The molecule has 0 unspecified atom stereocenters. The quantitative estimate of drug-likeness (QED) is 0.715. The highest BCUT2D eigenvalue weighted by Gasteiger charge is 2.38. The Morgan fingerprint density at radius 1 is 0.962 bits per heavy atom. The van der Waals surface area contributed by atoms with E-state index in [0.29, 0.717) is 18.1 Å². The molecule has 0 spiro atoms. The first kappa shape index (κ1) is 18.2. The van der Waals surface area contributed by atoms with Gasteiger partial charge in [0.15, 0.2) is 0 Å². The van der Waals surface area contributed by atoms with E-state index < -0.39 is 5.91 Å². The molecule has 2 aromatic carbocycles. The molecule has 1 aliphatic heterocycles. The number of ether oxygens (including phenoxy) is 1. The fourth-order valence-corrected chi connectivity index (χ4v) is 2.98. The van der Waals surface area contributed by atoms with Crippen LogP contribution in [0.4, 0.5) is 0 Å². The molecule has 3 rings (SSSR count). The number of benzene rings is 2. The van der Waals surface area contributed by atoms with Crippen LogP contribution in [0.5, 0.6) is 5.75 Å². The smallest absolute Gasteiger partial charge is 0.273 e. The number of rotatable bonds is 6. The SMILES string of the molecule is CC(C)COc1ccc(C2=C(Cl)C(=O)N(Cc3ccccc3)C2=O)cc1. The zero-order chi connectivity index (χ0) is 18.7. The summed E-state index contributed by atoms with van der Waals surface area (Å²) >= 11 is 6.20. The van der Waals surface area contributed by atoms with E-state index in [1.807, 2.05) is 30.3 Å². The topological polar surface area (TPSA) is 46.6 Å². The number of hydrogen-bond donors (Lipinski definition) is 0. The van der Waals surface area contributed by atoms with Crippen molar-refractivity contribution in [3.8, 4) is 5.75 Å². The molecule has 5 heteroatoms. The third-order valence-electron chi connectivity index (χ3n) is 4.02. The van der Waals surface area contributed by atoms with Crippen LogP contribution < -0.4 is 4.74 Å². The predicted molar refractivity (Wildman–Crippen MR) is 102 cm³/mol. The lowest BCUT2D eigenvalue weighted by molar-refractivity contribution is -0.137. The number of imide groups is 1. The Labute approximate surface area is 158 Å². The Morgan fingerprint density at radius 2 is 1.62 bits per heavy atom. The fourth-order valence-electron chi connectivity index (χ4n) is 2.69. The number of carbonyl (C=O) groups excluding carboxylic acids is 2. The van der Waals surface area contributed by atoms with Crippen molar-refractivity contribution in [2.75, 3.05) is 6.61 Å². The summed E-state index contributed by atoms with van der Waals surface area (Å²) in [7, 11) is 0. The van der Waals surface area contributed by atoms with E-state index in [1.165, 1.54) is 4.90 Å². The van der Waals surface area contributed by atoms with E-state index in [9.17, 15) is 9.59 Å². The molecule has 0 fully saturated rings. The summed E-state index contributed by atoms with van der Waals surface area (Å²) in [6, 6.07) is 16.4. The first-order valence-electron chi connectivity index (χ1n) is 8.50. The zero-order valence-electron chi connectivity index (χ0n) is 14.7. The number of carbonyl (C=O) groups is 2. The van der Waals surface area contributed by atoms with Crippen LogP contribution in [-0.2, 0) is 16.1 Å². The van der Waals surface area contributed by atoms with Crippen molar-refractivity contribution in [1.82, 2.24) is 4.90 Å². The molecule has 26 heavy (non-hydrogen) atoms. The molecule has 0 saturated carbocycles. The van der Waals surface area contributed by atoms with Gasteiger partial charge in [-0.25, -0.2) is 0 Å². The lowest BCUT2D eigenvalue weighted by atomic mass is 10.1. The average molecular weight is 370 g/mol. The lowest BCUT2D eigenvalue weighted by Crippen LogP contribution is -2.30. The van der Waals surface area contributed by atoms with Crippen molar-refractivity contribution < 1.29 is 14.3 Å². The molecular formula is C21H20ClNO3. The van der Waals surface area contributed by atoms with Gasteiger partial charge in [0.25, 0.3) is 11.8 Å². The summed E-state index contributed by atoms with van der Waals surface area (Å²) in [4.78, 5) is 26.4. The van der Waals surface area contributed by atoms with E-state index in [0.717, 1.165) is 11.3 Å². The van der Waals surface area contributed by atoms with Gasteiger partial charge in [-0.05, 0) is 29.2 Å². The second-order valence-electron chi connectivity index (χ2n) is 6.60. The Morgan fingerprint density at radius 3 is 2.23 bits per heavy atom. The number of nitrogens with zero attached hydrogens (tertiary/aromatic N) is 1. The van der Waals surface area contributed by atoms with Crippen molar-refractivity contribution in [2.45, 2.75) is 20.4 Å². The van der Waals surface area contributed by atoms with Gasteiger partial charge in [0.2, 0.25) is 0 Å². The van der Waals surface area contributed by atoms with E-state index in [-0.39, 0.29) is 23.1 Å². The standard InChI is InChI=1S/C21H20ClNO3/c1-14(2)13-26-17-10-8-16(9-11-17)18-19(22)21(25)23(20(18)24)12-15-6-4-3-5-7-15/h3-11,14H,12-13H2,1-2H3. The highest BCUT2D eigenvalue weighted by atomic mass is 35.5. The van der Waals surface area contributed by atoms with Crippen LogP contribution in [0.2, 0.25) is 0 Å². The zero-order valence-corrected chi connectivity index (χ0v) is 15.5. The van der Waals surface area contributed by atoms with Crippen LogP contribution in [0, 0.1) is 5.92 Å². The summed E-state index contributed by atoms with van der Waals surface area (Å²) < 4.78 is 5.65. The molecule has 4 nitrogen and oxygen atoms in total. The predicted octanol–water partition coefficient (Wildman–Crippen LogP) is 4.24. The number of amides is 2. The Kier molecular flexibility index (Phi) is 5.43. The number of hydrogen-bond acceptors (Lipinski definition) is 3. The Bertz CT molecular complexity index is 841. The molecule has 1 heterocycles. The Balaban J connectivity index is 1.79. The highest BCUT2D eigenvalue weighted by Crippen LogP contribution is 2.33. The molecule has 134 valence electrons. The maximum Gasteiger partial charge on any atom is 0.273 e. The van der Waals surface area contributed by atoms with Crippen LogP contribution in [-0.4, -0.2) is 23.3 Å². The van der Waals surface area contributed by atoms with Gasteiger partial charge in [0.1, 0.15) is 10.8 Å². The summed E-state index contributed by atoms with van der Waals surface area (Å²) in [5, 5.41) is -0.0400.